The third-order valence-electron chi connectivity index (χ3n) is 2.34. The van der Waals surface area contributed by atoms with Crippen LogP contribution in [-0.4, -0.2) is 5.11 Å². The van der Waals surface area contributed by atoms with Crippen LogP contribution in [0.5, 0.6) is 0 Å². The number of hydrogen-bond acceptors (Lipinski definition) is 2. The molecule has 1 N–H and O–H groups in total. The zero-order valence-corrected chi connectivity index (χ0v) is 11.8. The predicted octanol–water partition coefficient (Wildman–Crippen LogP) is 4.58. The highest BCUT2D eigenvalue weighted by atomic mass is 79.9. The van der Waals surface area contributed by atoms with Crippen molar-refractivity contribution in [1.82, 2.24) is 0 Å². The van der Waals surface area contributed by atoms with Gasteiger partial charge in [0.05, 0.1) is 6.10 Å². The molecule has 0 aliphatic heterocycles. The van der Waals surface area contributed by atoms with Gasteiger partial charge in [-0.15, -0.1) is 11.3 Å². The average Bonchev–Trinajstić information content (AvgIpc) is 2.70. The number of aliphatic hydroxyl groups is 1. The molecule has 2 aromatic rings. The summed E-state index contributed by atoms with van der Waals surface area (Å²) in [5, 5.41) is 12.3. The number of thiophene rings is 1. The van der Waals surface area contributed by atoms with Crippen LogP contribution in [0.25, 0.3) is 0 Å². The minimum Gasteiger partial charge on any atom is -0.387 e. The van der Waals surface area contributed by atoms with E-state index in [0.717, 1.165) is 9.35 Å². The lowest BCUT2D eigenvalue weighted by Gasteiger charge is -2.09. The van der Waals surface area contributed by atoms with Crippen molar-refractivity contribution in [3.05, 3.63) is 55.4 Å². The SMILES string of the molecule is OC(Cc1cc(Cl)ccc1F)c1cc(Br)cs1. The Hall–Kier alpha value is -0.420. The highest BCUT2D eigenvalue weighted by Crippen LogP contribution is 2.29. The lowest BCUT2D eigenvalue weighted by molar-refractivity contribution is 0.181. The van der Waals surface area contributed by atoms with E-state index in [4.69, 9.17) is 11.6 Å². The summed E-state index contributed by atoms with van der Waals surface area (Å²) in [5.74, 6) is -0.343. The molecule has 1 aromatic carbocycles. The Labute approximate surface area is 116 Å². The van der Waals surface area contributed by atoms with Crippen molar-refractivity contribution < 1.29 is 9.50 Å². The van der Waals surface area contributed by atoms with Crippen LogP contribution < -0.4 is 0 Å². The Morgan fingerprint density at radius 2 is 2.18 bits per heavy atom. The number of benzene rings is 1. The highest BCUT2D eigenvalue weighted by Gasteiger charge is 2.13. The van der Waals surface area contributed by atoms with E-state index >= 15 is 0 Å². The van der Waals surface area contributed by atoms with Gasteiger partial charge in [0.2, 0.25) is 0 Å². The normalized spacial score (nSPS) is 12.7. The number of rotatable bonds is 3. The number of halogens is 3. The molecule has 0 radical (unpaired) electrons. The molecule has 1 unspecified atom stereocenters. The van der Waals surface area contributed by atoms with Gasteiger partial charge in [-0.1, -0.05) is 11.6 Å². The zero-order valence-electron chi connectivity index (χ0n) is 8.66. The molecule has 1 atom stereocenters. The summed E-state index contributed by atoms with van der Waals surface area (Å²) in [5.41, 5.74) is 0.425. The lowest BCUT2D eigenvalue weighted by Crippen LogP contribution is -2.01. The molecule has 1 aromatic heterocycles. The molecular weight excluding hydrogens is 327 g/mol. The molecule has 0 fully saturated rings. The summed E-state index contributed by atoms with van der Waals surface area (Å²) in [6.45, 7) is 0. The summed E-state index contributed by atoms with van der Waals surface area (Å²) in [7, 11) is 0. The van der Waals surface area contributed by atoms with Crippen molar-refractivity contribution in [2.45, 2.75) is 12.5 Å². The van der Waals surface area contributed by atoms with Crippen LogP contribution in [0.15, 0.2) is 34.1 Å². The van der Waals surface area contributed by atoms with Gasteiger partial charge in [0.15, 0.2) is 0 Å². The van der Waals surface area contributed by atoms with E-state index < -0.39 is 6.10 Å². The van der Waals surface area contributed by atoms with E-state index in [9.17, 15) is 9.50 Å². The largest absolute Gasteiger partial charge is 0.387 e. The zero-order chi connectivity index (χ0) is 12.4. The summed E-state index contributed by atoms with van der Waals surface area (Å²) >= 11 is 10.5. The number of hydrogen-bond donors (Lipinski definition) is 1. The Balaban J connectivity index is 2.18. The van der Waals surface area contributed by atoms with E-state index in [-0.39, 0.29) is 12.2 Å². The third kappa shape index (κ3) is 3.28. The maximum Gasteiger partial charge on any atom is 0.126 e. The minimum atomic E-state index is -0.709. The van der Waals surface area contributed by atoms with Gasteiger partial charge in [-0.3, -0.25) is 0 Å². The fourth-order valence-electron chi connectivity index (χ4n) is 1.51. The summed E-state index contributed by atoms with van der Waals surface area (Å²) in [6.07, 6.45) is -0.487. The van der Waals surface area contributed by atoms with Crippen molar-refractivity contribution >= 4 is 38.9 Å². The van der Waals surface area contributed by atoms with Gasteiger partial charge in [0.25, 0.3) is 0 Å². The highest BCUT2D eigenvalue weighted by molar-refractivity contribution is 9.10. The molecule has 1 nitrogen and oxygen atoms in total. The molecule has 0 saturated carbocycles. The molecule has 0 bridgehead atoms. The van der Waals surface area contributed by atoms with E-state index in [1.165, 1.54) is 23.5 Å². The quantitative estimate of drug-likeness (QED) is 0.870. The smallest absolute Gasteiger partial charge is 0.126 e. The molecule has 17 heavy (non-hydrogen) atoms. The molecule has 90 valence electrons. The van der Waals surface area contributed by atoms with Gasteiger partial charge < -0.3 is 5.11 Å². The third-order valence-corrected chi connectivity index (χ3v) is 4.37. The van der Waals surface area contributed by atoms with Crippen LogP contribution in [-0.2, 0) is 6.42 Å². The molecule has 0 aliphatic rings. The van der Waals surface area contributed by atoms with E-state index in [1.54, 1.807) is 6.07 Å². The van der Waals surface area contributed by atoms with Crippen LogP contribution >= 0.6 is 38.9 Å². The molecule has 5 heteroatoms. The molecule has 0 amide bonds. The first kappa shape index (κ1) is 13.0. The van der Waals surface area contributed by atoms with Gasteiger partial charge in [0.1, 0.15) is 5.82 Å². The van der Waals surface area contributed by atoms with Crippen molar-refractivity contribution in [1.29, 1.82) is 0 Å². The van der Waals surface area contributed by atoms with Crippen molar-refractivity contribution in [3.63, 3.8) is 0 Å². The average molecular weight is 336 g/mol. The minimum absolute atomic E-state index is 0.222. The van der Waals surface area contributed by atoms with Gasteiger partial charge in [0, 0.05) is 26.2 Å². The topological polar surface area (TPSA) is 20.2 Å². The first-order chi connectivity index (χ1) is 8.06. The van der Waals surface area contributed by atoms with E-state index in [2.05, 4.69) is 15.9 Å². The Kier molecular flexibility index (Phi) is 4.20. The summed E-state index contributed by atoms with van der Waals surface area (Å²) < 4.78 is 14.4. The standard InChI is InChI=1S/C12H9BrClFOS/c13-8-5-12(17-6-8)11(16)4-7-3-9(14)1-2-10(7)15/h1-3,5-6,11,16H,4H2. The van der Waals surface area contributed by atoms with Crippen molar-refractivity contribution in [2.24, 2.45) is 0 Å². The van der Waals surface area contributed by atoms with Crippen molar-refractivity contribution in [2.75, 3.05) is 0 Å². The summed E-state index contributed by atoms with van der Waals surface area (Å²) in [6, 6.07) is 6.18. The fourth-order valence-corrected chi connectivity index (χ4v) is 3.14. The predicted molar refractivity (Wildman–Crippen MR) is 72.1 cm³/mol. The monoisotopic (exact) mass is 334 g/mol. The first-order valence-electron chi connectivity index (χ1n) is 4.92. The van der Waals surface area contributed by atoms with E-state index in [0.29, 0.717) is 10.6 Å². The molecule has 0 spiro atoms. The van der Waals surface area contributed by atoms with Gasteiger partial charge in [-0.25, -0.2) is 4.39 Å². The van der Waals surface area contributed by atoms with Crippen LogP contribution in [0.4, 0.5) is 4.39 Å². The van der Waals surface area contributed by atoms with Crippen LogP contribution in [0, 0.1) is 5.82 Å². The molecular formula is C12H9BrClFOS. The van der Waals surface area contributed by atoms with Crippen molar-refractivity contribution in [3.8, 4) is 0 Å². The van der Waals surface area contributed by atoms with E-state index in [1.807, 2.05) is 11.4 Å². The maximum atomic E-state index is 13.5. The number of aliphatic hydroxyl groups excluding tert-OH is 1. The molecule has 0 saturated heterocycles. The van der Waals surface area contributed by atoms with Crippen LogP contribution in [0.2, 0.25) is 5.02 Å². The van der Waals surface area contributed by atoms with Gasteiger partial charge in [-0.05, 0) is 45.8 Å². The van der Waals surface area contributed by atoms with Gasteiger partial charge in [-0.2, -0.15) is 0 Å². The lowest BCUT2D eigenvalue weighted by atomic mass is 10.1. The maximum absolute atomic E-state index is 13.5. The molecule has 0 aliphatic carbocycles. The molecule has 1 heterocycles. The Morgan fingerprint density at radius 1 is 1.41 bits per heavy atom. The Bertz CT molecular complexity index is 529. The van der Waals surface area contributed by atoms with Crippen LogP contribution in [0.1, 0.15) is 16.5 Å². The van der Waals surface area contributed by atoms with Crippen LogP contribution in [0.3, 0.4) is 0 Å². The first-order valence-corrected chi connectivity index (χ1v) is 6.97. The molecule has 2 rings (SSSR count). The second kappa shape index (κ2) is 5.48. The second-order valence-electron chi connectivity index (χ2n) is 3.62. The van der Waals surface area contributed by atoms with Gasteiger partial charge >= 0.3 is 0 Å². The summed E-state index contributed by atoms with van der Waals surface area (Å²) in [4.78, 5) is 0.802. The fraction of sp³-hybridized carbons (Fsp3) is 0.167. The second-order valence-corrected chi connectivity index (χ2v) is 5.92. The Morgan fingerprint density at radius 3 is 2.82 bits per heavy atom.